The molecule has 1 fully saturated rings. The van der Waals surface area contributed by atoms with Crippen LogP contribution < -0.4 is 10.2 Å². The normalized spacial score (nSPS) is 13.8. The quantitative estimate of drug-likeness (QED) is 0.909. The van der Waals surface area contributed by atoms with E-state index in [9.17, 15) is 14.7 Å². The van der Waals surface area contributed by atoms with E-state index in [0.29, 0.717) is 11.3 Å². The summed E-state index contributed by atoms with van der Waals surface area (Å²) in [5.74, 6) is -1.36. The summed E-state index contributed by atoms with van der Waals surface area (Å²) >= 11 is 0. The number of aromatic carboxylic acids is 1. The number of nitrogens with one attached hydrogen (secondary N) is 1. The number of carboxylic acids is 1. The van der Waals surface area contributed by atoms with E-state index in [2.05, 4.69) is 10.2 Å². The van der Waals surface area contributed by atoms with Gasteiger partial charge in [0, 0.05) is 24.3 Å². The van der Waals surface area contributed by atoms with E-state index in [-0.39, 0.29) is 11.5 Å². The van der Waals surface area contributed by atoms with Crippen LogP contribution in [0.1, 0.15) is 33.6 Å². The summed E-state index contributed by atoms with van der Waals surface area (Å²) in [6, 6.07) is 13.9. The average molecular weight is 310 g/mol. The van der Waals surface area contributed by atoms with Crippen molar-refractivity contribution < 1.29 is 14.7 Å². The summed E-state index contributed by atoms with van der Waals surface area (Å²) in [5.41, 5.74) is 1.80. The zero-order valence-corrected chi connectivity index (χ0v) is 12.7. The van der Waals surface area contributed by atoms with Crippen molar-refractivity contribution in [1.29, 1.82) is 0 Å². The Kier molecular flexibility index (Phi) is 4.28. The predicted molar refractivity (Wildman–Crippen MR) is 89.2 cm³/mol. The number of nitrogens with zero attached hydrogens (tertiary/aromatic N) is 1. The van der Waals surface area contributed by atoms with Gasteiger partial charge in [0.25, 0.3) is 5.91 Å². The molecular weight excluding hydrogens is 292 g/mol. The molecule has 0 aliphatic carbocycles. The molecule has 0 aromatic heterocycles. The third-order valence-corrected chi connectivity index (χ3v) is 3.99. The molecule has 1 aliphatic heterocycles. The van der Waals surface area contributed by atoms with Crippen LogP contribution in [0.25, 0.3) is 0 Å². The molecule has 0 saturated carbocycles. The van der Waals surface area contributed by atoms with Gasteiger partial charge in [0.15, 0.2) is 0 Å². The van der Waals surface area contributed by atoms with Crippen LogP contribution >= 0.6 is 0 Å². The third-order valence-electron chi connectivity index (χ3n) is 3.99. The molecular formula is C18H18N2O3. The van der Waals surface area contributed by atoms with Gasteiger partial charge in [-0.3, -0.25) is 4.79 Å². The maximum atomic E-state index is 12.2. The minimum absolute atomic E-state index is 0.110. The number of amides is 1. The fourth-order valence-electron chi connectivity index (χ4n) is 2.77. The molecule has 2 N–H and O–H groups in total. The molecule has 2 aromatic rings. The first kappa shape index (κ1) is 15.1. The highest BCUT2D eigenvalue weighted by molar-refractivity contribution is 6.08. The van der Waals surface area contributed by atoms with E-state index >= 15 is 0 Å². The molecule has 3 rings (SSSR count). The van der Waals surface area contributed by atoms with Crippen LogP contribution in [0.5, 0.6) is 0 Å². The zero-order chi connectivity index (χ0) is 16.2. The van der Waals surface area contributed by atoms with Gasteiger partial charge in [-0.2, -0.15) is 0 Å². The highest BCUT2D eigenvalue weighted by Gasteiger charge is 2.18. The van der Waals surface area contributed by atoms with Crippen LogP contribution in [0.4, 0.5) is 11.4 Å². The lowest BCUT2D eigenvalue weighted by atomic mass is 10.1. The maximum Gasteiger partial charge on any atom is 0.337 e. The second-order valence-corrected chi connectivity index (χ2v) is 5.55. The first-order chi connectivity index (χ1) is 11.1. The summed E-state index contributed by atoms with van der Waals surface area (Å²) in [4.78, 5) is 25.9. The van der Waals surface area contributed by atoms with E-state index in [1.54, 1.807) is 36.4 Å². The minimum Gasteiger partial charge on any atom is -0.478 e. The molecule has 1 heterocycles. The molecule has 23 heavy (non-hydrogen) atoms. The van der Waals surface area contributed by atoms with Crippen molar-refractivity contribution >= 4 is 23.3 Å². The highest BCUT2D eigenvalue weighted by Crippen LogP contribution is 2.26. The Bertz CT molecular complexity index is 722. The summed E-state index contributed by atoms with van der Waals surface area (Å²) in [6.45, 7) is 1.88. The fourth-order valence-corrected chi connectivity index (χ4v) is 2.77. The number of benzene rings is 2. The lowest BCUT2D eigenvalue weighted by molar-refractivity contribution is 0.0698. The molecule has 0 unspecified atom stereocenters. The summed E-state index contributed by atoms with van der Waals surface area (Å²) in [5, 5.41) is 12.1. The zero-order valence-electron chi connectivity index (χ0n) is 12.7. The Morgan fingerprint density at radius 3 is 2.35 bits per heavy atom. The number of carbonyl (C=O) groups excluding carboxylic acids is 1. The predicted octanol–water partition coefficient (Wildman–Crippen LogP) is 3.24. The summed E-state index contributed by atoms with van der Waals surface area (Å²) in [6.07, 6.45) is 2.24. The minimum atomic E-state index is -1.05. The van der Waals surface area contributed by atoms with Crippen LogP contribution in [-0.2, 0) is 0 Å². The van der Waals surface area contributed by atoms with Crippen molar-refractivity contribution in [3.8, 4) is 0 Å². The molecule has 2 aromatic carbocycles. The van der Waals surface area contributed by atoms with Crippen molar-refractivity contribution in [2.24, 2.45) is 0 Å². The Morgan fingerprint density at radius 2 is 1.70 bits per heavy atom. The van der Waals surface area contributed by atoms with Crippen LogP contribution in [-0.4, -0.2) is 30.1 Å². The molecule has 0 radical (unpaired) electrons. The van der Waals surface area contributed by atoms with Crippen LogP contribution in [0.3, 0.4) is 0 Å². The van der Waals surface area contributed by atoms with Gasteiger partial charge in [-0.05, 0) is 43.2 Å². The fraction of sp³-hybridized carbons (Fsp3) is 0.222. The van der Waals surface area contributed by atoms with Gasteiger partial charge < -0.3 is 15.3 Å². The van der Waals surface area contributed by atoms with E-state index in [1.165, 1.54) is 0 Å². The van der Waals surface area contributed by atoms with Gasteiger partial charge in [-0.15, -0.1) is 0 Å². The van der Waals surface area contributed by atoms with Crippen molar-refractivity contribution in [2.45, 2.75) is 12.8 Å². The van der Waals surface area contributed by atoms with E-state index in [4.69, 9.17) is 0 Å². The summed E-state index contributed by atoms with van der Waals surface area (Å²) in [7, 11) is 0. The number of hydrogen-bond acceptors (Lipinski definition) is 3. The SMILES string of the molecule is O=C(Nc1ccc(N2CCCC2)cc1C(=O)O)c1ccccc1. The Labute approximate surface area is 134 Å². The number of hydrogen-bond donors (Lipinski definition) is 2. The summed E-state index contributed by atoms with van der Waals surface area (Å²) < 4.78 is 0. The van der Waals surface area contributed by atoms with Crippen LogP contribution in [0, 0.1) is 0 Å². The highest BCUT2D eigenvalue weighted by atomic mass is 16.4. The molecule has 5 heteroatoms. The number of rotatable bonds is 4. The van der Waals surface area contributed by atoms with Crippen molar-refractivity contribution in [2.75, 3.05) is 23.3 Å². The Morgan fingerprint density at radius 1 is 1.00 bits per heavy atom. The monoisotopic (exact) mass is 310 g/mol. The second kappa shape index (κ2) is 6.52. The van der Waals surface area contributed by atoms with Gasteiger partial charge in [0.1, 0.15) is 0 Å². The number of anilines is 2. The molecule has 0 bridgehead atoms. The first-order valence-corrected chi connectivity index (χ1v) is 7.64. The topological polar surface area (TPSA) is 69.6 Å². The van der Waals surface area contributed by atoms with Gasteiger partial charge in [-0.1, -0.05) is 18.2 Å². The molecule has 0 spiro atoms. The van der Waals surface area contributed by atoms with Crippen molar-refractivity contribution in [1.82, 2.24) is 0 Å². The molecule has 0 atom stereocenters. The lowest BCUT2D eigenvalue weighted by Crippen LogP contribution is -2.19. The van der Waals surface area contributed by atoms with Gasteiger partial charge in [0.2, 0.25) is 0 Å². The molecule has 1 amide bonds. The first-order valence-electron chi connectivity index (χ1n) is 7.64. The van der Waals surface area contributed by atoms with Crippen LogP contribution in [0.15, 0.2) is 48.5 Å². The average Bonchev–Trinajstić information content (AvgIpc) is 3.10. The third kappa shape index (κ3) is 3.34. The van der Waals surface area contributed by atoms with Gasteiger partial charge in [0.05, 0.1) is 11.3 Å². The lowest BCUT2D eigenvalue weighted by Gasteiger charge is -2.19. The smallest absolute Gasteiger partial charge is 0.337 e. The van der Waals surface area contributed by atoms with E-state index < -0.39 is 5.97 Å². The molecule has 1 saturated heterocycles. The number of carbonyl (C=O) groups is 2. The van der Waals surface area contributed by atoms with Crippen molar-refractivity contribution in [3.63, 3.8) is 0 Å². The van der Waals surface area contributed by atoms with Crippen molar-refractivity contribution in [3.05, 3.63) is 59.7 Å². The second-order valence-electron chi connectivity index (χ2n) is 5.55. The van der Waals surface area contributed by atoms with Gasteiger partial charge in [-0.25, -0.2) is 4.79 Å². The Hall–Kier alpha value is -2.82. The Balaban J connectivity index is 1.86. The van der Waals surface area contributed by atoms with E-state index in [1.807, 2.05) is 12.1 Å². The number of carboxylic acid groups (broad SMARTS) is 1. The largest absolute Gasteiger partial charge is 0.478 e. The maximum absolute atomic E-state index is 12.2. The molecule has 1 aliphatic rings. The van der Waals surface area contributed by atoms with Gasteiger partial charge >= 0.3 is 5.97 Å². The van der Waals surface area contributed by atoms with Crippen LogP contribution in [0.2, 0.25) is 0 Å². The van der Waals surface area contributed by atoms with E-state index in [0.717, 1.165) is 31.6 Å². The molecule has 118 valence electrons. The standard InChI is InChI=1S/C18H18N2O3/c21-17(13-6-2-1-3-7-13)19-16-9-8-14(12-15(16)18(22)23)20-10-4-5-11-20/h1-3,6-9,12H,4-5,10-11H2,(H,19,21)(H,22,23). The molecule has 5 nitrogen and oxygen atoms in total.